The van der Waals surface area contributed by atoms with E-state index in [0.29, 0.717) is 19.4 Å². The highest BCUT2D eigenvalue weighted by atomic mass is 16.2. The summed E-state index contributed by atoms with van der Waals surface area (Å²) in [5.41, 5.74) is 1.21. The van der Waals surface area contributed by atoms with Crippen LogP contribution in [-0.2, 0) is 16.0 Å². The van der Waals surface area contributed by atoms with Crippen LogP contribution in [0.3, 0.4) is 0 Å². The molecule has 112 valence electrons. The molecule has 0 atom stereocenters. The summed E-state index contributed by atoms with van der Waals surface area (Å²) >= 11 is 0. The molecule has 21 heavy (non-hydrogen) atoms. The highest BCUT2D eigenvalue weighted by molar-refractivity contribution is 5.81. The van der Waals surface area contributed by atoms with Gasteiger partial charge >= 0.3 is 0 Å². The number of carbonyl (C=O) groups excluding carboxylic acids is 2. The Balaban J connectivity index is 1.38. The molecule has 1 heterocycles. The molecule has 2 amide bonds. The van der Waals surface area contributed by atoms with Gasteiger partial charge in [-0.2, -0.15) is 0 Å². The van der Waals surface area contributed by atoms with Crippen molar-refractivity contribution in [3.8, 4) is 0 Å². The molecule has 1 aromatic rings. The van der Waals surface area contributed by atoms with E-state index >= 15 is 0 Å². The molecule has 0 unspecified atom stereocenters. The van der Waals surface area contributed by atoms with Crippen LogP contribution >= 0.6 is 0 Å². The lowest BCUT2D eigenvalue weighted by Crippen LogP contribution is -2.65. The summed E-state index contributed by atoms with van der Waals surface area (Å²) in [5, 5.41) is 2.84. The minimum absolute atomic E-state index is 0.0176. The fourth-order valence-corrected chi connectivity index (χ4v) is 3.32. The fraction of sp³-hybridized carbons (Fsp3) is 0.529. The maximum atomic E-state index is 12.1. The van der Waals surface area contributed by atoms with Crippen molar-refractivity contribution in [2.24, 2.45) is 0 Å². The molecule has 1 aliphatic heterocycles. The second-order valence-corrected chi connectivity index (χ2v) is 6.14. The van der Waals surface area contributed by atoms with Gasteiger partial charge in [0.05, 0.1) is 6.42 Å². The molecule has 4 heteroatoms. The molecule has 2 fully saturated rings. The smallest absolute Gasteiger partial charge is 0.224 e. The van der Waals surface area contributed by atoms with Gasteiger partial charge in [0.25, 0.3) is 0 Å². The van der Waals surface area contributed by atoms with Crippen molar-refractivity contribution in [3.05, 3.63) is 35.9 Å². The Kier molecular flexibility index (Phi) is 3.95. The molecule has 1 aromatic carbocycles. The first kappa shape index (κ1) is 14.1. The van der Waals surface area contributed by atoms with E-state index in [1.807, 2.05) is 35.2 Å². The van der Waals surface area contributed by atoms with Crippen molar-refractivity contribution in [1.29, 1.82) is 0 Å². The molecule has 3 rings (SSSR count). The molecular formula is C17H22N2O2. The molecule has 0 radical (unpaired) electrons. The van der Waals surface area contributed by atoms with E-state index in [0.717, 1.165) is 12.1 Å². The topological polar surface area (TPSA) is 49.4 Å². The second-order valence-electron chi connectivity index (χ2n) is 6.14. The van der Waals surface area contributed by atoms with Crippen LogP contribution in [0.25, 0.3) is 0 Å². The maximum absolute atomic E-state index is 12.1. The third-order valence-corrected chi connectivity index (χ3v) is 4.83. The quantitative estimate of drug-likeness (QED) is 0.898. The number of amides is 2. The monoisotopic (exact) mass is 286 g/mol. The summed E-state index contributed by atoms with van der Waals surface area (Å²) in [6.45, 7) is 1.34. The Morgan fingerprint density at radius 1 is 1.14 bits per heavy atom. The van der Waals surface area contributed by atoms with Crippen molar-refractivity contribution in [2.45, 2.75) is 44.1 Å². The van der Waals surface area contributed by atoms with Gasteiger partial charge in [-0.1, -0.05) is 30.3 Å². The van der Waals surface area contributed by atoms with Gasteiger partial charge in [0.1, 0.15) is 0 Å². The Labute approximate surface area is 125 Å². The molecule has 1 aliphatic carbocycles. The lowest BCUT2D eigenvalue weighted by molar-refractivity contribution is -0.155. The number of hydrogen-bond donors (Lipinski definition) is 1. The molecule has 1 N–H and O–H groups in total. The van der Waals surface area contributed by atoms with Gasteiger partial charge in [-0.3, -0.25) is 9.59 Å². The molecule has 1 saturated carbocycles. The Morgan fingerprint density at radius 3 is 2.48 bits per heavy atom. The zero-order chi connectivity index (χ0) is 14.7. The van der Waals surface area contributed by atoms with Crippen molar-refractivity contribution >= 4 is 11.8 Å². The van der Waals surface area contributed by atoms with Crippen LogP contribution < -0.4 is 5.32 Å². The van der Waals surface area contributed by atoms with Crippen LogP contribution in [0.5, 0.6) is 0 Å². The second kappa shape index (κ2) is 5.88. The van der Waals surface area contributed by atoms with Gasteiger partial charge < -0.3 is 10.2 Å². The minimum Gasteiger partial charge on any atom is -0.355 e. The lowest BCUT2D eigenvalue weighted by atomic mass is 9.67. The number of carbonyl (C=O) groups is 2. The van der Waals surface area contributed by atoms with Crippen LogP contribution in [0.1, 0.15) is 37.7 Å². The molecule has 0 bridgehead atoms. The average Bonchev–Trinajstić information content (AvgIpc) is 2.36. The predicted molar refractivity (Wildman–Crippen MR) is 80.7 cm³/mol. The highest BCUT2D eigenvalue weighted by Crippen LogP contribution is 2.47. The van der Waals surface area contributed by atoms with E-state index in [1.54, 1.807) is 0 Å². The highest BCUT2D eigenvalue weighted by Gasteiger charge is 2.50. The molecule has 1 saturated heterocycles. The third kappa shape index (κ3) is 2.94. The van der Waals surface area contributed by atoms with E-state index in [-0.39, 0.29) is 17.4 Å². The van der Waals surface area contributed by atoms with Crippen LogP contribution in [0.2, 0.25) is 0 Å². The number of likely N-dealkylation sites (tertiary alicyclic amines) is 1. The number of benzene rings is 1. The summed E-state index contributed by atoms with van der Waals surface area (Å²) in [4.78, 5) is 26.0. The largest absolute Gasteiger partial charge is 0.355 e. The van der Waals surface area contributed by atoms with E-state index in [4.69, 9.17) is 0 Å². The van der Waals surface area contributed by atoms with Crippen LogP contribution in [-0.4, -0.2) is 35.3 Å². The van der Waals surface area contributed by atoms with Gasteiger partial charge in [0.15, 0.2) is 0 Å². The predicted octanol–water partition coefficient (Wildman–Crippen LogP) is 1.89. The summed E-state index contributed by atoms with van der Waals surface area (Å²) in [6.07, 6.45) is 5.54. The first-order chi connectivity index (χ1) is 10.2. The van der Waals surface area contributed by atoms with Crippen LogP contribution in [0.15, 0.2) is 30.3 Å². The summed E-state index contributed by atoms with van der Waals surface area (Å²) in [7, 11) is 0. The van der Waals surface area contributed by atoms with Gasteiger partial charge in [-0.15, -0.1) is 0 Å². The van der Waals surface area contributed by atoms with Gasteiger partial charge in [0, 0.05) is 25.0 Å². The van der Waals surface area contributed by atoms with Gasteiger partial charge in [-0.25, -0.2) is 0 Å². The summed E-state index contributed by atoms with van der Waals surface area (Å²) in [5.74, 6) is 0.178. The van der Waals surface area contributed by atoms with Crippen molar-refractivity contribution in [2.75, 3.05) is 13.1 Å². The SMILES string of the molecule is O=C(Cc1ccccc1)NCCC(=O)N1CCC12CCC2. The molecule has 2 aliphatic rings. The van der Waals surface area contributed by atoms with E-state index < -0.39 is 0 Å². The zero-order valence-electron chi connectivity index (χ0n) is 12.3. The normalized spacial score (nSPS) is 18.8. The molecule has 4 nitrogen and oxygen atoms in total. The Hall–Kier alpha value is -1.84. The number of nitrogens with one attached hydrogen (secondary N) is 1. The summed E-state index contributed by atoms with van der Waals surface area (Å²) < 4.78 is 0. The third-order valence-electron chi connectivity index (χ3n) is 4.83. The number of nitrogens with zero attached hydrogens (tertiary/aromatic N) is 1. The van der Waals surface area contributed by atoms with E-state index in [1.165, 1.54) is 25.7 Å². The van der Waals surface area contributed by atoms with E-state index in [9.17, 15) is 9.59 Å². The molecular weight excluding hydrogens is 264 g/mol. The van der Waals surface area contributed by atoms with Crippen LogP contribution in [0.4, 0.5) is 0 Å². The zero-order valence-corrected chi connectivity index (χ0v) is 12.3. The van der Waals surface area contributed by atoms with Crippen molar-refractivity contribution in [1.82, 2.24) is 10.2 Å². The Bertz CT molecular complexity index is 517. The molecule has 0 aromatic heterocycles. The first-order valence-corrected chi connectivity index (χ1v) is 7.81. The standard InChI is InChI=1S/C17H22N2O2/c20-15(13-14-5-2-1-3-6-14)18-11-7-16(21)19-12-10-17(19)8-4-9-17/h1-3,5-6H,4,7-13H2,(H,18,20). The number of rotatable bonds is 5. The Morgan fingerprint density at radius 2 is 1.90 bits per heavy atom. The van der Waals surface area contributed by atoms with E-state index in [2.05, 4.69) is 5.32 Å². The van der Waals surface area contributed by atoms with Crippen molar-refractivity contribution < 1.29 is 9.59 Å². The van der Waals surface area contributed by atoms with Gasteiger partial charge in [-0.05, 0) is 31.2 Å². The fourth-order valence-electron chi connectivity index (χ4n) is 3.32. The lowest BCUT2D eigenvalue weighted by Gasteiger charge is -2.58. The van der Waals surface area contributed by atoms with Gasteiger partial charge in [0.2, 0.25) is 11.8 Å². The average molecular weight is 286 g/mol. The first-order valence-electron chi connectivity index (χ1n) is 7.81. The molecule has 1 spiro atoms. The minimum atomic E-state index is -0.0176. The summed E-state index contributed by atoms with van der Waals surface area (Å²) in [6, 6.07) is 9.65. The van der Waals surface area contributed by atoms with Crippen LogP contribution in [0, 0.1) is 0 Å². The van der Waals surface area contributed by atoms with Crippen molar-refractivity contribution in [3.63, 3.8) is 0 Å². The number of hydrogen-bond acceptors (Lipinski definition) is 2. The maximum Gasteiger partial charge on any atom is 0.224 e.